The molecule has 0 aliphatic rings. The Labute approximate surface area is 117 Å². The van der Waals surface area contributed by atoms with Crippen molar-refractivity contribution < 1.29 is 9.53 Å². The van der Waals surface area contributed by atoms with Crippen molar-refractivity contribution in [2.24, 2.45) is 0 Å². The van der Waals surface area contributed by atoms with Gasteiger partial charge in [0.05, 0.1) is 23.9 Å². The lowest BCUT2D eigenvalue weighted by atomic mass is 10.2. The Hall–Kier alpha value is -1.67. The van der Waals surface area contributed by atoms with Crippen molar-refractivity contribution >= 4 is 23.4 Å². The van der Waals surface area contributed by atoms with E-state index in [0.717, 1.165) is 11.3 Å². The maximum atomic E-state index is 11.8. The smallest absolute Gasteiger partial charge is 0.340 e. The van der Waals surface area contributed by atoms with E-state index in [0.29, 0.717) is 24.3 Å². The number of para-hydroxylation sites is 1. The molecule has 0 spiro atoms. The summed E-state index contributed by atoms with van der Waals surface area (Å²) in [7, 11) is 0. The second kappa shape index (κ2) is 7.70. The Balaban J connectivity index is 2.86. The summed E-state index contributed by atoms with van der Waals surface area (Å²) in [4.78, 5) is 12.6. The monoisotopic (exact) mass is 278 g/mol. The van der Waals surface area contributed by atoms with Crippen molar-refractivity contribution in [1.29, 1.82) is 5.26 Å². The van der Waals surface area contributed by atoms with Crippen molar-refractivity contribution in [2.75, 3.05) is 12.3 Å². The number of benzene rings is 1. The topological polar surface area (TPSA) is 76.1 Å². The van der Waals surface area contributed by atoms with Crippen LogP contribution in [0.15, 0.2) is 23.1 Å². The molecule has 0 bridgehead atoms. The molecule has 0 aromatic heterocycles. The second-order valence-corrected chi connectivity index (χ2v) is 5.62. The van der Waals surface area contributed by atoms with Gasteiger partial charge in [-0.15, -0.1) is 11.8 Å². The molecule has 19 heavy (non-hydrogen) atoms. The largest absolute Gasteiger partial charge is 0.462 e. The van der Waals surface area contributed by atoms with Gasteiger partial charge in [0.1, 0.15) is 0 Å². The number of hydrogen-bond donors (Lipinski definition) is 1. The minimum atomic E-state index is -0.394. The molecule has 0 fully saturated rings. The van der Waals surface area contributed by atoms with Crippen LogP contribution in [0.1, 0.15) is 37.0 Å². The quantitative estimate of drug-likeness (QED) is 0.491. The molecule has 0 radical (unpaired) electrons. The van der Waals surface area contributed by atoms with Gasteiger partial charge >= 0.3 is 5.97 Å². The number of ether oxygens (including phenoxy) is 1. The van der Waals surface area contributed by atoms with Gasteiger partial charge in [0, 0.05) is 16.6 Å². The van der Waals surface area contributed by atoms with Gasteiger partial charge < -0.3 is 10.5 Å². The molecule has 1 aromatic carbocycles. The average Bonchev–Trinajstić information content (AvgIpc) is 2.38. The number of carbonyl (C=O) groups excluding carboxylic acids is 1. The summed E-state index contributed by atoms with van der Waals surface area (Å²) in [5.74, 6) is -0.394. The molecule has 5 heteroatoms. The summed E-state index contributed by atoms with van der Waals surface area (Å²) >= 11 is 1.49. The molecule has 1 unspecified atom stereocenters. The van der Waals surface area contributed by atoms with Gasteiger partial charge in [0.25, 0.3) is 0 Å². The number of nitrogens with zero attached hydrogens (tertiary/aromatic N) is 1. The van der Waals surface area contributed by atoms with Gasteiger partial charge in [-0.05, 0) is 18.6 Å². The standard InChI is InChI=1S/C14H18N2O2S/c1-3-9-18-14(17)11-5-4-6-12(13(11)16)19-10(2)7-8-15/h4-6,10H,3,7,9,16H2,1-2H3. The summed E-state index contributed by atoms with van der Waals surface area (Å²) in [5, 5.41) is 8.79. The summed E-state index contributed by atoms with van der Waals surface area (Å²) < 4.78 is 5.09. The van der Waals surface area contributed by atoms with Gasteiger partial charge in [-0.1, -0.05) is 19.9 Å². The fourth-order valence-electron chi connectivity index (χ4n) is 1.48. The minimum absolute atomic E-state index is 0.134. The number of nitrogens with two attached hydrogens (primary N) is 1. The summed E-state index contributed by atoms with van der Waals surface area (Å²) in [5.41, 5.74) is 6.82. The highest BCUT2D eigenvalue weighted by Gasteiger charge is 2.15. The van der Waals surface area contributed by atoms with E-state index in [1.807, 2.05) is 19.9 Å². The molecule has 1 aromatic rings. The Morgan fingerprint density at radius 2 is 2.32 bits per heavy atom. The Morgan fingerprint density at radius 3 is 2.95 bits per heavy atom. The SMILES string of the molecule is CCCOC(=O)c1cccc(SC(C)CC#N)c1N. The van der Waals surface area contributed by atoms with Crippen molar-refractivity contribution in [1.82, 2.24) is 0 Å². The summed E-state index contributed by atoms with van der Waals surface area (Å²) in [6, 6.07) is 7.41. The highest BCUT2D eigenvalue weighted by molar-refractivity contribution is 8.00. The van der Waals surface area contributed by atoms with Gasteiger partial charge in [-0.2, -0.15) is 5.26 Å². The molecule has 0 heterocycles. The maximum Gasteiger partial charge on any atom is 0.340 e. The first-order valence-electron chi connectivity index (χ1n) is 6.19. The lowest BCUT2D eigenvalue weighted by Gasteiger charge is -2.12. The molecule has 0 aliphatic heterocycles. The van der Waals surface area contributed by atoms with E-state index in [-0.39, 0.29) is 5.25 Å². The lowest BCUT2D eigenvalue weighted by molar-refractivity contribution is 0.0506. The molecule has 2 N–H and O–H groups in total. The molecule has 4 nitrogen and oxygen atoms in total. The Morgan fingerprint density at radius 1 is 1.58 bits per heavy atom. The predicted octanol–water partition coefficient (Wildman–Crippen LogP) is 3.23. The van der Waals surface area contributed by atoms with E-state index in [1.165, 1.54) is 11.8 Å². The number of anilines is 1. The second-order valence-electron chi connectivity index (χ2n) is 4.14. The fourth-order valence-corrected chi connectivity index (χ4v) is 2.47. The average molecular weight is 278 g/mol. The Bertz CT molecular complexity index is 483. The first-order valence-corrected chi connectivity index (χ1v) is 7.07. The molecular weight excluding hydrogens is 260 g/mol. The fraction of sp³-hybridized carbons (Fsp3) is 0.429. The van der Waals surface area contributed by atoms with E-state index >= 15 is 0 Å². The van der Waals surface area contributed by atoms with Gasteiger partial charge in [0.15, 0.2) is 0 Å². The third-order valence-electron chi connectivity index (χ3n) is 2.43. The van der Waals surface area contributed by atoms with Crippen molar-refractivity contribution in [3.05, 3.63) is 23.8 Å². The number of hydrogen-bond acceptors (Lipinski definition) is 5. The van der Waals surface area contributed by atoms with Crippen LogP contribution in [0.25, 0.3) is 0 Å². The summed E-state index contributed by atoms with van der Waals surface area (Å²) in [6.07, 6.45) is 1.22. The Kier molecular flexibility index (Phi) is 6.23. The number of carbonyl (C=O) groups is 1. The van der Waals surface area contributed by atoms with E-state index in [4.69, 9.17) is 15.7 Å². The number of nitrogen functional groups attached to an aromatic ring is 1. The van der Waals surface area contributed by atoms with Gasteiger partial charge in [-0.25, -0.2) is 4.79 Å². The molecule has 1 rings (SSSR count). The normalized spacial score (nSPS) is 11.6. The molecule has 0 saturated carbocycles. The third-order valence-corrected chi connectivity index (χ3v) is 3.61. The number of esters is 1. The van der Waals surface area contributed by atoms with Gasteiger partial charge in [0.2, 0.25) is 0 Å². The summed E-state index contributed by atoms with van der Waals surface area (Å²) in [6.45, 7) is 4.28. The molecule has 0 saturated heterocycles. The van der Waals surface area contributed by atoms with Gasteiger partial charge in [-0.3, -0.25) is 0 Å². The van der Waals surface area contributed by atoms with Crippen LogP contribution in [-0.2, 0) is 4.74 Å². The first-order chi connectivity index (χ1) is 9.10. The zero-order chi connectivity index (χ0) is 14.3. The van der Waals surface area contributed by atoms with Crippen molar-refractivity contribution in [3.8, 4) is 6.07 Å². The zero-order valence-electron chi connectivity index (χ0n) is 11.2. The minimum Gasteiger partial charge on any atom is -0.462 e. The third kappa shape index (κ3) is 4.49. The van der Waals surface area contributed by atoms with Crippen LogP contribution >= 0.6 is 11.8 Å². The maximum absolute atomic E-state index is 11.8. The van der Waals surface area contributed by atoms with E-state index in [9.17, 15) is 4.79 Å². The number of nitriles is 1. The molecule has 0 aliphatic carbocycles. The number of rotatable bonds is 6. The van der Waals surface area contributed by atoms with Crippen molar-refractivity contribution in [3.63, 3.8) is 0 Å². The van der Waals surface area contributed by atoms with Crippen LogP contribution in [-0.4, -0.2) is 17.8 Å². The lowest BCUT2D eigenvalue weighted by Crippen LogP contribution is -2.10. The van der Waals surface area contributed by atoms with Crippen LogP contribution in [0.4, 0.5) is 5.69 Å². The number of thioether (sulfide) groups is 1. The van der Waals surface area contributed by atoms with Crippen LogP contribution < -0.4 is 5.73 Å². The predicted molar refractivity (Wildman–Crippen MR) is 77.0 cm³/mol. The molecule has 1 atom stereocenters. The van der Waals surface area contributed by atoms with Crippen molar-refractivity contribution in [2.45, 2.75) is 36.8 Å². The van der Waals surface area contributed by atoms with E-state index in [2.05, 4.69) is 6.07 Å². The first kappa shape index (κ1) is 15.4. The van der Waals surface area contributed by atoms with Crippen LogP contribution in [0, 0.1) is 11.3 Å². The van der Waals surface area contributed by atoms with Crippen LogP contribution in [0.5, 0.6) is 0 Å². The molecular formula is C14H18N2O2S. The zero-order valence-corrected chi connectivity index (χ0v) is 12.0. The van der Waals surface area contributed by atoms with E-state index in [1.54, 1.807) is 12.1 Å². The highest BCUT2D eigenvalue weighted by atomic mass is 32.2. The molecule has 0 amide bonds. The van der Waals surface area contributed by atoms with Crippen LogP contribution in [0.3, 0.4) is 0 Å². The van der Waals surface area contributed by atoms with Crippen LogP contribution in [0.2, 0.25) is 0 Å². The molecule has 102 valence electrons. The highest BCUT2D eigenvalue weighted by Crippen LogP contribution is 2.32. The van der Waals surface area contributed by atoms with E-state index < -0.39 is 5.97 Å².